The first-order valence-electron chi connectivity index (χ1n) is 6.17. The van der Waals surface area contributed by atoms with Crippen molar-refractivity contribution in [3.63, 3.8) is 0 Å². The number of ketones is 1. The van der Waals surface area contributed by atoms with E-state index in [0.717, 1.165) is 0 Å². The standard InChI is InChI=1S/C13H15N3O4/c1-4-19-13(18)7-20-12-5-11-14-6-10(9(3)17)8(2)16(11)15-12/h5-6H,4,7H2,1-3H3. The molecule has 0 saturated heterocycles. The summed E-state index contributed by atoms with van der Waals surface area (Å²) in [6.07, 6.45) is 1.50. The lowest BCUT2D eigenvalue weighted by Gasteiger charge is -2.03. The Kier molecular flexibility index (Phi) is 3.97. The van der Waals surface area contributed by atoms with Crippen molar-refractivity contribution in [3.8, 4) is 5.88 Å². The number of esters is 1. The Balaban J connectivity index is 2.23. The van der Waals surface area contributed by atoms with Crippen LogP contribution in [0.25, 0.3) is 5.65 Å². The maximum atomic E-state index is 11.4. The summed E-state index contributed by atoms with van der Waals surface area (Å²) in [5.41, 5.74) is 1.72. The molecule has 7 nitrogen and oxygen atoms in total. The van der Waals surface area contributed by atoms with E-state index in [1.807, 2.05) is 0 Å². The second-order valence-electron chi connectivity index (χ2n) is 4.16. The number of carbonyl (C=O) groups excluding carboxylic acids is 2. The average Bonchev–Trinajstić information content (AvgIpc) is 2.81. The molecule has 0 aliphatic carbocycles. The average molecular weight is 277 g/mol. The van der Waals surface area contributed by atoms with Crippen molar-refractivity contribution in [1.29, 1.82) is 0 Å². The normalized spacial score (nSPS) is 10.6. The van der Waals surface area contributed by atoms with Gasteiger partial charge >= 0.3 is 5.97 Å². The smallest absolute Gasteiger partial charge is 0.344 e. The fourth-order valence-corrected chi connectivity index (χ4v) is 1.78. The number of hydrogen-bond acceptors (Lipinski definition) is 6. The van der Waals surface area contributed by atoms with Crippen LogP contribution < -0.4 is 4.74 Å². The van der Waals surface area contributed by atoms with Gasteiger partial charge in [-0.1, -0.05) is 0 Å². The molecule has 2 rings (SSSR count). The summed E-state index contributed by atoms with van der Waals surface area (Å²) in [4.78, 5) is 26.8. The number of rotatable bonds is 5. The van der Waals surface area contributed by atoms with Crippen LogP contribution in [0.3, 0.4) is 0 Å². The number of ether oxygens (including phenoxy) is 2. The van der Waals surface area contributed by atoms with Crippen LogP contribution in [0, 0.1) is 6.92 Å². The molecular weight excluding hydrogens is 262 g/mol. The van der Waals surface area contributed by atoms with Gasteiger partial charge in [0.05, 0.1) is 17.9 Å². The Morgan fingerprint density at radius 1 is 1.40 bits per heavy atom. The van der Waals surface area contributed by atoms with E-state index in [2.05, 4.69) is 10.1 Å². The molecular formula is C13H15N3O4. The zero-order valence-electron chi connectivity index (χ0n) is 11.5. The van der Waals surface area contributed by atoms with Crippen molar-refractivity contribution in [1.82, 2.24) is 14.6 Å². The van der Waals surface area contributed by atoms with Gasteiger partial charge in [0.15, 0.2) is 18.0 Å². The topological polar surface area (TPSA) is 82.8 Å². The number of aromatic nitrogens is 3. The summed E-state index contributed by atoms with van der Waals surface area (Å²) >= 11 is 0. The number of nitrogens with zero attached hydrogens (tertiary/aromatic N) is 3. The third kappa shape index (κ3) is 2.76. The molecule has 7 heteroatoms. The van der Waals surface area contributed by atoms with E-state index in [4.69, 9.17) is 9.47 Å². The molecule has 0 amide bonds. The number of aryl methyl sites for hydroxylation is 1. The molecule has 106 valence electrons. The lowest BCUT2D eigenvalue weighted by atomic mass is 10.2. The van der Waals surface area contributed by atoms with Crippen LogP contribution >= 0.6 is 0 Å². The molecule has 0 atom stereocenters. The molecule has 0 fully saturated rings. The van der Waals surface area contributed by atoms with Crippen LogP contribution in [-0.4, -0.2) is 39.6 Å². The largest absolute Gasteiger partial charge is 0.465 e. The lowest BCUT2D eigenvalue weighted by molar-refractivity contribution is -0.145. The third-order valence-corrected chi connectivity index (χ3v) is 2.72. The number of Topliss-reactive ketones (excluding diaryl/α,β-unsaturated/α-hetero) is 1. The van der Waals surface area contributed by atoms with Crippen molar-refractivity contribution in [2.24, 2.45) is 0 Å². The molecule has 0 bridgehead atoms. The molecule has 20 heavy (non-hydrogen) atoms. The zero-order valence-corrected chi connectivity index (χ0v) is 11.5. The summed E-state index contributed by atoms with van der Waals surface area (Å²) in [5.74, 6) is -0.283. The van der Waals surface area contributed by atoms with Gasteiger partial charge in [-0.3, -0.25) is 4.79 Å². The first kappa shape index (κ1) is 14.0. The Morgan fingerprint density at radius 3 is 2.80 bits per heavy atom. The van der Waals surface area contributed by atoms with E-state index in [0.29, 0.717) is 23.5 Å². The molecule has 0 spiro atoms. The Morgan fingerprint density at radius 2 is 2.15 bits per heavy atom. The van der Waals surface area contributed by atoms with Gasteiger partial charge in [0.2, 0.25) is 5.88 Å². The molecule has 0 aromatic carbocycles. The van der Waals surface area contributed by atoms with Gasteiger partial charge in [0, 0.05) is 12.3 Å². The van der Waals surface area contributed by atoms with E-state index >= 15 is 0 Å². The predicted octanol–water partition coefficient (Wildman–Crippen LogP) is 1.18. The van der Waals surface area contributed by atoms with Gasteiger partial charge in [-0.15, -0.1) is 5.10 Å². The Bertz CT molecular complexity index is 663. The fourth-order valence-electron chi connectivity index (χ4n) is 1.78. The molecule has 0 N–H and O–H groups in total. The minimum absolute atomic E-state index is 0.0820. The third-order valence-electron chi connectivity index (χ3n) is 2.72. The van der Waals surface area contributed by atoms with E-state index in [1.165, 1.54) is 17.6 Å². The van der Waals surface area contributed by atoms with Gasteiger partial charge < -0.3 is 9.47 Å². The van der Waals surface area contributed by atoms with E-state index in [-0.39, 0.29) is 18.3 Å². The summed E-state index contributed by atoms with van der Waals surface area (Å²) in [7, 11) is 0. The molecule has 0 radical (unpaired) electrons. The Hall–Kier alpha value is -2.44. The summed E-state index contributed by atoms with van der Waals surface area (Å²) < 4.78 is 11.5. The highest BCUT2D eigenvalue weighted by Crippen LogP contribution is 2.15. The van der Waals surface area contributed by atoms with Crippen molar-refractivity contribution in [2.75, 3.05) is 13.2 Å². The molecule has 0 aliphatic rings. The summed E-state index contributed by atoms with van der Waals surface area (Å²) in [5, 5.41) is 4.16. The van der Waals surface area contributed by atoms with E-state index in [9.17, 15) is 9.59 Å². The minimum Gasteiger partial charge on any atom is -0.465 e. The van der Waals surface area contributed by atoms with Crippen molar-refractivity contribution in [2.45, 2.75) is 20.8 Å². The van der Waals surface area contributed by atoms with Crippen LogP contribution in [0.15, 0.2) is 12.3 Å². The van der Waals surface area contributed by atoms with Crippen molar-refractivity contribution >= 4 is 17.4 Å². The molecule has 2 aromatic heterocycles. The van der Waals surface area contributed by atoms with Gasteiger partial charge in [-0.2, -0.15) is 0 Å². The maximum absolute atomic E-state index is 11.4. The summed E-state index contributed by atoms with van der Waals surface area (Å²) in [6, 6.07) is 1.59. The van der Waals surface area contributed by atoms with Crippen LogP contribution in [0.2, 0.25) is 0 Å². The van der Waals surface area contributed by atoms with Crippen LogP contribution in [0.5, 0.6) is 5.88 Å². The van der Waals surface area contributed by atoms with Crippen molar-refractivity contribution in [3.05, 3.63) is 23.5 Å². The van der Waals surface area contributed by atoms with E-state index < -0.39 is 5.97 Å². The first-order valence-corrected chi connectivity index (χ1v) is 6.17. The van der Waals surface area contributed by atoms with Crippen molar-refractivity contribution < 1.29 is 19.1 Å². The monoisotopic (exact) mass is 277 g/mol. The molecule has 0 unspecified atom stereocenters. The predicted molar refractivity (Wildman–Crippen MR) is 69.9 cm³/mol. The van der Waals surface area contributed by atoms with E-state index in [1.54, 1.807) is 19.9 Å². The number of hydrogen-bond donors (Lipinski definition) is 0. The second kappa shape index (κ2) is 5.68. The second-order valence-corrected chi connectivity index (χ2v) is 4.16. The number of carbonyl (C=O) groups is 2. The van der Waals surface area contributed by atoms with Gasteiger partial charge in [-0.05, 0) is 20.8 Å². The first-order chi connectivity index (χ1) is 9.52. The molecule has 0 aliphatic heterocycles. The van der Waals surface area contributed by atoms with Gasteiger partial charge in [0.25, 0.3) is 0 Å². The molecule has 2 heterocycles. The molecule has 2 aromatic rings. The highest BCUT2D eigenvalue weighted by molar-refractivity contribution is 5.95. The molecule has 0 saturated carbocycles. The summed E-state index contributed by atoms with van der Waals surface area (Å²) in [6.45, 7) is 5.05. The van der Waals surface area contributed by atoms with Crippen LogP contribution in [0.1, 0.15) is 29.9 Å². The minimum atomic E-state index is -0.460. The van der Waals surface area contributed by atoms with Crippen LogP contribution in [-0.2, 0) is 9.53 Å². The lowest BCUT2D eigenvalue weighted by Crippen LogP contribution is -2.14. The Labute approximate surface area is 115 Å². The highest BCUT2D eigenvalue weighted by Gasteiger charge is 2.12. The maximum Gasteiger partial charge on any atom is 0.344 e. The van der Waals surface area contributed by atoms with Gasteiger partial charge in [-0.25, -0.2) is 14.3 Å². The number of fused-ring (bicyclic) bond motifs is 1. The fraction of sp³-hybridized carbons (Fsp3) is 0.385. The SMILES string of the molecule is CCOC(=O)COc1cc2ncc(C(C)=O)c(C)n2n1. The quantitative estimate of drug-likeness (QED) is 0.603. The van der Waals surface area contributed by atoms with Gasteiger partial charge in [0.1, 0.15) is 0 Å². The zero-order chi connectivity index (χ0) is 14.7. The highest BCUT2D eigenvalue weighted by atomic mass is 16.6. The van der Waals surface area contributed by atoms with Crippen LogP contribution in [0.4, 0.5) is 0 Å².